The van der Waals surface area contributed by atoms with E-state index in [1.54, 1.807) is 13.1 Å². The Morgan fingerprint density at radius 3 is 2.46 bits per heavy atom. The lowest BCUT2D eigenvalue weighted by Crippen LogP contribution is -2.28. The van der Waals surface area contributed by atoms with Gasteiger partial charge in [-0.1, -0.05) is 13.8 Å². The zero-order chi connectivity index (χ0) is 10.1. The van der Waals surface area contributed by atoms with Crippen LogP contribution in [0.4, 0.5) is 0 Å². The molecule has 2 nitrogen and oxygen atoms in total. The van der Waals surface area contributed by atoms with E-state index in [0.717, 1.165) is 4.47 Å². The van der Waals surface area contributed by atoms with E-state index in [0.29, 0.717) is 5.69 Å². The lowest BCUT2D eigenvalue weighted by Gasteiger charge is -2.26. The molecule has 1 aromatic rings. The minimum absolute atomic E-state index is 0.154. The van der Waals surface area contributed by atoms with Gasteiger partial charge in [0.15, 0.2) is 0 Å². The second-order valence-electron chi connectivity index (χ2n) is 3.66. The summed E-state index contributed by atoms with van der Waals surface area (Å²) >= 11 is 3.31. The van der Waals surface area contributed by atoms with Gasteiger partial charge in [-0.3, -0.25) is 4.98 Å². The van der Waals surface area contributed by atoms with Crippen molar-refractivity contribution >= 4 is 15.9 Å². The lowest BCUT2D eigenvalue weighted by atomic mass is 9.89. The second kappa shape index (κ2) is 3.76. The molecule has 0 saturated heterocycles. The maximum atomic E-state index is 10.1. The highest BCUT2D eigenvalue weighted by molar-refractivity contribution is 9.10. The Morgan fingerprint density at radius 1 is 1.46 bits per heavy atom. The first kappa shape index (κ1) is 10.7. The molecule has 0 saturated carbocycles. The lowest BCUT2D eigenvalue weighted by molar-refractivity contribution is 0.00486. The van der Waals surface area contributed by atoms with Crippen molar-refractivity contribution in [2.24, 2.45) is 5.92 Å². The van der Waals surface area contributed by atoms with Gasteiger partial charge < -0.3 is 5.11 Å². The van der Waals surface area contributed by atoms with Crippen molar-refractivity contribution in [3.05, 3.63) is 28.5 Å². The van der Waals surface area contributed by atoms with Gasteiger partial charge in [-0.05, 0) is 40.9 Å². The topological polar surface area (TPSA) is 33.1 Å². The van der Waals surface area contributed by atoms with Gasteiger partial charge in [0.05, 0.1) is 5.69 Å². The molecular weight excluding hydrogens is 230 g/mol. The molecular formula is C10H14BrNO. The maximum absolute atomic E-state index is 10.1. The van der Waals surface area contributed by atoms with E-state index in [1.807, 2.05) is 26.0 Å². The summed E-state index contributed by atoms with van der Waals surface area (Å²) in [7, 11) is 0. The second-order valence-corrected chi connectivity index (χ2v) is 4.58. The zero-order valence-electron chi connectivity index (χ0n) is 8.08. The molecule has 1 rings (SSSR count). The molecule has 72 valence electrons. The Hall–Kier alpha value is -0.410. The van der Waals surface area contributed by atoms with Gasteiger partial charge in [-0.15, -0.1) is 0 Å². The number of nitrogens with zero attached hydrogens (tertiary/aromatic N) is 1. The van der Waals surface area contributed by atoms with Crippen molar-refractivity contribution in [3.8, 4) is 0 Å². The highest BCUT2D eigenvalue weighted by Gasteiger charge is 2.28. The Bertz CT molecular complexity index is 279. The van der Waals surface area contributed by atoms with Crippen LogP contribution in [0.2, 0.25) is 0 Å². The van der Waals surface area contributed by atoms with E-state index in [9.17, 15) is 5.11 Å². The minimum atomic E-state index is -0.847. The van der Waals surface area contributed by atoms with Crippen LogP contribution >= 0.6 is 15.9 Å². The number of aliphatic hydroxyl groups is 1. The highest BCUT2D eigenvalue weighted by Crippen LogP contribution is 2.27. The molecule has 0 radical (unpaired) electrons. The van der Waals surface area contributed by atoms with E-state index in [4.69, 9.17) is 0 Å². The first-order valence-corrected chi connectivity index (χ1v) is 5.08. The Labute approximate surface area is 87.1 Å². The normalized spacial score (nSPS) is 15.8. The molecule has 0 aliphatic rings. The van der Waals surface area contributed by atoms with E-state index < -0.39 is 5.60 Å². The third kappa shape index (κ3) is 2.29. The number of rotatable bonds is 2. The van der Waals surface area contributed by atoms with E-state index in [2.05, 4.69) is 20.9 Å². The molecule has 0 aliphatic heterocycles. The quantitative estimate of drug-likeness (QED) is 0.867. The predicted octanol–water partition coefficient (Wildman–Crippen LogP) is 2.71. The van der Waals surface area contributed by atoms with Crippen molar-refractivity contribution in [3.63, 3.8) is 0 Å². The fraction of sp³-hybridized carbons (Fsp3) is 0.500. The first-order chi connectivity index (χ1) is 5.94. The number of aromatic nitrogens is 1. The maximum Gasteiger partial charge on any atom is 0.106 e. The summed E-state index contributed by atoms with van der Waals surface area (Å²) < 4.78 is 0.927. The average Bonchev–Trinajstić information content (AvgIpc) is 2.04. The molecule has 0 amide bonds. The zero-order valence-corrected chi connectivity index (χ0v) is 9.67. The molecule has 0 fully saturated rings. The smallest absolute Gasteiger partial charge is 0.106 e. The van der Waals surface area contributed by atoms with Crippen molar-refractivity contribution in [1.82, 2.24) is 4.98 Å². The Kier molecular flexibility index (Phi) is 3.09. The summed E-state index contributed by atoms with van der Waals surface area (Å²) in [5.74, 6) is 0.154. The molecule has 1 N–H and O–H groups in total. The molecule has 0 aliphatic carbocycles. The van der Waals surface area contributed by atoms with Crippen molar-refractivity contribution in [2.45, 2.75) is 26.4 Å². The van der Waals surface area contributed by atoms with Gasteiger partial charge in [0.25, 0.3) is 0 Å². The fourth-order valence-corrected chi connectivity index (χ4v) is 1.21. The largest absolute Gasteiger partial charge is 0.384 e. The van der Waals surface area contributed by atoms with Gasteiger partial charge in [0.1, 0.15) is 5.60 Å². The van der Waals surface area contributed by atoms with Crippen molar-refractivity contribution < 1.29 is 5.11 Å². The van der Waals surface area contributed by atoms with Gasteiger partial charge >= 0.3 is 0 Å². The Balaban J connectivity index is 3.01. The van der Waals surface area contributed by atoms with Gasteiger partial charge in [-0.25, -0.2) is 0 Å². The SMILES string of the molecule is CC(C)C(C)(O)c1ccc(Br)cn1. The summed E-state index contributed by atoms with van der Waals surface area (Å²) in [4.78, 5) is 4.17. The van der Waals surface area contributed by atoms with Crippen LogP contribution in [-0.4, -0.2) is 10.1 Å². The molecule has 0 spiro atoms. The fourth-order valence-electron chi connectivity index (χ4n) is 0.971. The first-order valence-electron chi connectivity index (χ1n) is 4.29. The van der Waals surface area contributed by atoms with Gasteiger partial charge in [0.2, 0.25) is 0 Å². The van der Waals surface area contributed by atoms with Crippen LogP contribution in [0.1, 0.15) is 26.5 Å². The van der Waals surface area contributed by atoms with Crippen LogP contribution in [0.3, 0.4) is 0 Å². The van der Waals surface area contributed by atoms with Crippen LogP contribution in [0.5, 0.6) is 0 Å². The molecule has 0 aromatic carbocycles. The van der Waals surface area contributed by atoms with E-state index in [1.165, 1.54) is 0 Å². The van der Waals surface area contributed by atoms with Gasteiger partial charge in [-0.2, -0.15) is 0 Å². The van der Waals surface area contributed by atoms with Crippen molar-refractivity contribution in [1.29, 1.82) is 0 Å². The summed E-state index contributed by atoms with van der Waals surface area (Å²) in [6.45, 7) is 5.74. The number of hydrogen-bond donors (Lipinski definition) is 1. The third-order valence-corrected chi connectivity index (χ3v) is 2.84. The summed E-state index contributed by atoms with van der Waals surface area (Å²) in [6.07, 6.45) is 1.70. The van der Waals surface area contributed by atoms with Crippen LogP contribution < -0.4 is 0 Å². The van der Waals surface area contributed by atoms with Crippen LogP contribution in [0.25, 0.3) is 0 Å². The minimum Gasteiger partial charge on any atom is -0.384 e. The third-order valence-electron chi connectivity index (χ3n) is 2.37. The van der Waals surface area contributed by atoms with Gasteiger partial charge in [0, 0.05) is 10.7 Å². The highest BCUT2D eigenvalue weighted by atomic mass is 79.9. The Morgan fingerprint density at radius 2 is 2.08 bits per heavy atom. The average molecular weight is 244 g/mol. The molecule has 1 aromatic heterocycles. The molecule has 1 heterocycles. The van der Waals surface area contributed by atoms with Crippen LogP contribution in [-0.2, 0) is 5.60 Å². The molecule has 1 unspecified atom stereocenters. The number of hydrogen-bond acceptors (Lipinski definition) is 2. The van der Waals surface area contributed by atoms with Crippen LogP contribution in [0, 0.1) is 5.92 Å². The number of pyridine rings is 1. The molecule has 0 bridgehead atoms. The number of halogens is 1. The summed E-state index contributed by atoms with van der Waals surface area (Å²) in [5.41, 5.74) is -0.133. The summed E-state index contributed by atoms with van der Waals surface area (Å²) in [6, 6.07) is 3.73. The summed E-state index contributed by atoms with van der Waals surface area (Å²) in [5, 5.41) is 10.1. The van der Waals surface area contributed by atoms with Crippen molar-refractivity contribution in [2.75, 3.05) is 0 Å². The molecule has 1 atom stereocenters. The molecule has 3 heteroatoms. The monoisotopic (exact) mass is 243 g/mol. The van der Waals surface area contributed by atoms with E-state index >= 15 is 0 Å². The molecule has 13 heavy (non-hydrogen) atoms. The van der Waals surface area contributed by atoms with E-state index in [-0.39, 0.29) is 5.92 Å². The standard InChI is InChI=1S/C10H14BrNO/c1-7(2)10(3,13)9-5-4-8(11)6-12-9/h4-7,13H,1-3H3. The predicted molar refractivity (Wildman–Crippen MR) is 56.3 cm³/mol. The van der Waals surface area contributed by atoms with Crippen LogP contribution in [0.15, 0.2) is 22.8 Å².